The van der Waals surface area contributed by atoms with Gasteiger partial charge in [-0.3, -0.25) is 14.1 Å². The van der Waals surface area contributed by atoms with E-state index in [9.17, 15) is 14.2 Å². The van der Waals surface area contributed by atoms with Gasteiger partial charge in [0.2, 0.25) is 0 Å². The Balaban J connectivity index is 4.04. The zero-order valence-electron chi connectivity index (χ0n) is 29.0. The molecule has 0 aromatic heterocycles. The third-order valence-corrected chi connectivity index (χ3v) is 7.82. The Morgan fingerprint density at radius 2 is 1.04 bits per heavy atom. The number of phosphoric ester groups is 1. The average molecular weight is 669 g/mol. The number of allylic oxidation sites excluding steroid dienone is 8. The topological polar surface area (TPSA) is 119 Å². The molecule has 0 amide bonds. The van der Waals surface area contributed by atoms with Crippen molar-refractivity contribution in [1.29, 1.82) is 0 Å². The number of phosphoric acid groups is 1. The van der Waals surface area contributed by atoms with Crippen LogP contribution in [-0.4, -0.2) is 41.0 Å². The summed E-state index contributed by atoms with van der Waals surface area (Å²) in [7, 11) is -4.75. The first-order valence-corrected chi connectivity index (χ1v) is 19.5. The first-order valence-electron chi connectivity index (χ1n) is 17.9. The van der Waals surface area contributed by atoms with Crippen LogP contribution in [0.5, 0.6) is 0 Å². The van der Waals surface area contributed by atoms with E-state index in [1.54, 1.807) is 0 Å². The molecule has 0 radical (unpaired) electrons. The summed E-state index contributed by atoms with van der Waals surface area (Å²) in [5.74, 6) is -0.919. The molecular formula is C37H65O8P. The molecule has 0 saturated heterocycles. The van der Waals surface area contributed by atoms with E-state index in [2.05, 4.69) is 67.0 Å². The Bertz CT molecular complexity index is 890. The lowest BCUT2D eigenvalue weighted by Gasteiger charge is -2.18. The van der Waals surface area contributed by atoms with Crippen LogP contribution in [0.1, 0.15) is 155 Å². The van der Waals surface area contributed by atoms with Crippen molar-refractivity contribution in [2.75, 3.05) is 13.2 Å². The Morgan fingerprint density at radius 3 is 1.59 bits per heavy atom. The molecule has 1 atom stereocenters. The lowest BCUT2D eigenvalue weighted by molar-refractivity contribution is -0.161. The van der Waals surface area contributed by atoms with Gasteiger partial charge in [0.1, 0.15) is 6.61 Å². The Kier molecular flexibility index (Phi) is 31.5. The number of unbranched alkanes of at least 4 members (excludes halogenated alkanes) is 14. The number of esters is 2. The second kappa shape index (κ2) is 32.9. The molecule has 0 aliphatic heterocycles. The lowest BCUT2D eigenvalue weighted by Crippen LogP contribution is -2.29. The maximum absolute atomic E-state index is 12.3. The summed E-state index contributed by atoms with van der Waals surface area (Å²) in [6, 6.07) is 0. The Hall–Kier alpha value is -1.99. The van der Waals surface area contributed by atoms with Crippen LogP contribution in [0, 0.1) is 0 Å². The molecule has 266 valence electrons. The second-order valence-electron chi connectivity index (χ2n) is 11.8. The molecule has 8 nitrogen and oxygen atoms in total. The predicted molar refractivity (Wildman–Crippen MR) is 188 cm³/mol. The van der Waals surface area contributed by atoms with Crippen molar-refractivity contribution in [2.24, 2.45) is 0 Å². The smallest absolute Gasteiger partial charge is 0.462 e. The molecule has 0 aromatic rings. The molecule has 0 rings (SSSR count). The average Bonchev–Trinajstić information content (AvgIpc) is 3.02. The molecule has 0 heterocycles. The number of carbonyl (C=O) groups is 2. The van der Waals surface area contributed by atoms with Crippen LogP contribution in [0.2, 0.25) is 0 Å². The molecule has 2 N–H and O–H groups in total. The highest BCUT2D eigenvalue weighted by atomic mass is 31.2. The van der Waals surface area contributed by atoms with E-state index < -0.39 is 32.5 Å². The Labute approximate surface area is 280 Å². The summed E-state index contributed by atoms with van der Waals surface area (Å²) >= 11 is 0. The van der Waals surface area contributed by atoms with Crippen molar-refractivity contribution >= 4 is 19.8 Å². The third kappa shape index (κ3) is 34.9. The Morgan fingerprint density at radius 1 is 0.587 bits per heavy atom. The van der Waals surface area contributed by atoms with Crippen LogP contribution in [0.15, 0.2) is 48.6 Å². The van der Waals surface area contributed by atoms with Crippen molar-refractivity contribution < 1.29 is 37.9 Å². The highest BCUT2D eigenvalue weighted by Gasteiger charge is 2.22. The van der Waals surface area contributed by atoms with Crippen LogP contribution in [0.4, 0.5) is 0 Å². The molecule has 0 spiro atoms. The highest BCUT2D eigenvalue weighted by Crippen LogP contribution is 2.35. The fraction of sp³-hybridized carbons (Fsp3) is 0.730. The molecule has 0 bridgehead atoms. The van der Waals surface area contributed by atoms with Crippen molar-refractivity contribution in [2.45, 2.75) is 161 Å². The van der Waals surface area contributed by atoms with Gasteiger partial charge in [-0.05, 0) is 70.6 Å². The summed E-state index contributed by atoms with van der Waals surface area (Å²) in [4.78, 5) is 42.6. The van der Waals surface area contributed by atoms with Crippen molar-refractivity contribution in [3.8, 4) is 0 Å². The summed E-state index contributed by atoms with van der Waals surface area (Å²) in [6.07, 6.45) is 38.3. The van der Waals surface area contributed by atoms with Crippen LogP contribution < -0.4 is 0 Å². The van der Waals surface area contributed by atoms with Crippen LogP contribution in [0.3, 0.4) is 0 Å². The number of ether oxygens (including phenoxy) is 2. The molecule has 46 heavy (non-hydrogen) atoms. The van der Waals surface area contributed by atoms with Crippen molar-refractivity contribution in [1.82, 2.24) is 0 Å². The van der Waals surface area contributed by atoms with Gasteiger partial charge in [-0.25, -0.2) is 4.57 Å². The third-order valence-electron chi connectivity index (χ3n) is 7.33. The van der Waals surface area contributed by atoms with E-state index in [0.29, 0.717) is 12.8 Å². The first-order chi connectivity index (χ1) is 22.3. The molecule has 0 saturated carbocycles. The predicted octanol–water partition coefficient (Wildman–Crippen LogP) is 10.4. The number of hydrogen-bond donors (Lipinski definition) is 2. The van der Waals surface area contributed by atoms with E-state index in [-0.39, 0.29) is 19.4 Å². The van der Waals surface area contributed by atoms with Crippen LogP contribution in [-0.2, 0) is 28.2 Å². The van der Waals surface area contributed by atoms with E-state index in [0.717, 1.165) is 83.5 Å². The zero-order valence-corrected chi connectivity index (χ0v) is 29.9. The molecule has 0 fully saturated rings. The maximum atomic E-state index is 12.3. The van der Waals surface area contributed by atoms with Gasteiger partial charge in [-0.2, -0.15) is 0 Å². The quantitative estimate of drug-likeness (QED) is 0.0315. The number of hydrogen-bond acceptors (Lipinski definition) is 6. The first kappa shape index (κ1) is 44.0. The van der Waals surface area contributed by atoms with E-state index in [1.807, 2.05) is 0 Å². The van der Waals surface area contributed by atoms with E-state index in [4.69, 9.17) is 19.3 Å². The minimum absolute atomic E-state index is 0.189. The SMILES string of the molecule is CC/C=C\C/C=C\C/C=C\CCCCCCCC(=O)OC(COC(=O)CCCCCCC/C=C\CCCCCC)COP(=O)(O)O. The van der Waals surface area contributed by atoms with E-state index in [1.165, 1.54) is 32.1 Å². The van der Waals surface area contributed by atoms with Crippen molar-refractivity contribution in [3.05, 3.63) is 48.6 Å². The second-order valence-corrected chi connectivity index (χ2v) is 13.0. The maximum Gasteiger partial charge on any atom is 0.469 e. The summed E-state index contributed by atoms with van der Waals surface area (Å²) < 4.78 is 26.2. The largest absolute Gasteiger partial charge is 0.469 e. The van der Waals surface area contributed by atoms with Gasteiger partial charge in [0.05, 0.1) is 6.61 Å². The van der Waals surface area contributed by atoms with Gasteiger partial charge in [0.15, 0.2) is 6.10 Å². The van der Waals surface area contributed by atoms with Gasteiger partial charge in [-0.1, -0.05) is 120 Å². The molecule has 1 unspecified atom stereocenters. The fourth-order valence-corrected chi connectivity index (χ4v) is 5.03. The fourth-order valence-electron chi connectivity index (χ4n) is 4.67. The van der Waals surface area contributed by atoms with E-state index >= 15 is 0 Å². The molecule has 9 heteroatoms. The standard InChI is InChI=1S/C37H65O8P/c1-3-5-7-9-11-13-15-17-18-20-22-24-26-28-30-32-37(39)45-35(34-44-46(40,41)42)33-43-36(38)31-29-27-25-23-21-19-16-14-12-10-8-6-4-2/h5,7,11,13-14,16-18,35H,3-4,6,8-10,12,15,19-34H2,1-2H3,(H2,40,41,42)/b7-5-,13-11-,16-14-,18-17-. The molecule has 0 aromatic carbocycles. The van der Waals surface area contributed by atoms with Crippen molar-refractivity contribution in [3.63, 3.8) is 0 Å². The zero-order chi connectivity index (χ0) is 34.0. The van der Waals surface area contributed by atoms with Gasteiger partial charge in [0, 0.05) is 12.8 Å². The van der Waals surface area contributed by atoms with Crippen LogP contribution in [0.25, 0.3) is 0 Å². The molecule has 0 aliphatic rings. The van der Waals surface area contributed by atoms with Gasteiger partial charge < -0.3 is 19.3 Å². The molecular weight excluding hydrogens is 603 g/mol. The normalized spacial score (nSPS) is 13.0. The van der Waals surface area contributed by atoms with Gasteiger partial charge in [0.25, 0.3) is 0 Å². The van der Waals surface area contributed by atoms with Gasteiger partial charge in [-0.15, -0.1) is 0 Å². The number of carbonyl (C=O) groups excluding carboxylic acids is 2. The monoisotopic (exact) mass is 668 g/mol. The minimum atomic E-state index is -4.75. The summed E-state index contributed by atoms with van der Waals surface area (Å²) in [5, 5.41) is 0. The summed E-state index contributed by atoms with van der Waals surface area (Å²) in [5.41, 5.74) is 0. The highest BCUT2D eigenvalue weighted by molar-refractivity contribution is 7.46. The van der Waals surface area contributed by atoms with Gasteiger partial charge >= 0.3 is 19.8 Å². The minimum Gasteiger partial charge on any atom is -0.462 e. The summed E-state index contributed by atoms with van der Waals surface area (Å²) in [6.45, 7) is 3.51. The number of rotatable bonds is 32. The lowest BCUT2D eigenvalue weighted by atomic mass is 10.1. The van der Waals surface area contributed by atoms with Crippen LogP contribution >= 0.6 is 7.82 Å². The molecule has 0 aliphatic carbocycles.